The number of hydrogen-bond acceptors (Lipinski definition) is 6. The Balaban J connectivity index is 1.39. The number of nitrogens with zero attached hydrogens (tertiary/aromatic N) is 4. The van der Waals surface area contributed by atoms with Gasteiger partial charge in [-0.3, -0.25) is 10.1 Å². The van der Waals surface area contributed by atoms with Gasteiger partial charge in [0, 0.05) is 43.0 Å². The van der Waals surface area contributed by atoms with Crippen LogP contribution in [0.5, 0.6) is 0 Å². The Kier molecular flexibility index (Phi) is 4.33. The molecular weight excluding hydrogens is 313 g/mol. The number of anilines is 3. The van der Waals surface area contributed by atoms with Crippen LogP contribution in [0.4, 0.5) is 17.6 Å². The first-order valence-corrected chi connectivity index (χ1v) is 8.58. The van der Waals surface area contributed by atoms with Crippen molar-refractivity contribution in [1.82, 2.24) is 25.1 Å². The van der Waals surface area contributed by atoms with Gasteiger partial charge in [-0.2, -0.15) is 10.1 Å². The molecule has 126 valence electrons. The maximum atomic E-state index is 4.57. The van der Waals surface area contributed by atoms with Crippen LogP contribution in [0, 0.1) is 0 Å². The van der Waals surface area contributed by atoms with E-state index in [0.717, 1.165) is 41.5 Å². The second-order valence-corrected chi connectivity index (χ2v) is 6.33. The van der Waals surface area contributed by atoms with Crippen LogP contribution in [0.2, 0.25) is 0 Å². The van der Waals surface area contributed by atoms with Crippen molar-refractivity contribution in [2.75, 3.05) is 17.2 Å². The van der Waals surface area contributed by atoms with Crippen molar-refractivity contribution in [2.24, 2.45) is 0 Å². The molecule has 0 aliphatic heterocycles. The molecule has 3 aromatic heterocycles. The molecule has 8 heteroatoms. The van der Waals surface area contributed by atoms with Crippen LogP contribution in [0.3, 0.4) is 0 Å². The zero-order valence-corrected chi connectivity index (χ0v) is 14.2. The molecule has 25 heavy (non-hydrogen) atoms. The average molecular weight is 333 g/mol. The summed E-state index contributed by atoms with van der Waals surface area (Å²) in [7, 11) is 1.98. The van der Waals surface area contributed by atoms with Crippen LogP contribution < -0.4 is 16.1 Å². The first-order chi connectivity index (χ1) is 12.3. The summed E-state index contributed by atoms with van der Waals surface area (Å²) in [5.74, 6) is 2.87. The van der Waals surface area contributed by atoms with E-state index in [4.69, 9.17) is 0 Å². The molecule has 0 aromatic carbocycles. The van der Waals surface area contributed by atoms with Crippen LogP contribution in [-0.4, -0.2) is 39.5 Å². The van der Waals surface area contributed by atoms with Gasteiger partial charge in [-0.15, -0.1) is 0 Å². The predicted molar refractivity (Wildman–Crippen MR) is 100 cm³/mol. The van der Waals surface area contributed by atoms with E-state index in [9.17, 15) is 0 Å². The van der Waals surface area contributed by atoms with E-state index >= 15 is 0 Å². The summed E-state index contributed by atoms with van der Waals surface area (Å²) in [4.78, 5) is 13.2. The maximum absolute atomic E-state index is 4.57. The second kappa shape index (κ2) is 6.92. The Hall–Kier alpha value is -2.90. The van der Waals surface area contributed by atoms with Crippen LogP contribution in [0.15, 0.2) is 36.7 Å². The van der Waals surface area contributed by atoms with Gasteiger partial charge in [-0.25, -0.2) is 4.98 Å². The average Bonchev–Trinajstić information content (AvgIpc) is 3.38. The molecule has 0 unspecified atom stereocenters. The van der Waals surface area contributed by atoms with Gasteiger partial charge in [0.05, 0.1) is 5.69 Å². The summed E-state index contributed by atoms with van der Waals surface area (Å²) in [6, 6.07) is 7.99. The highest BCUT2D eigenvalue weighted by Crippen LogP contribution is 2.39. The van der Waals surface area contributed by atoms with E-state index in [2.05, 4.69) is 41.8 Å². The lowest BCUT2D eigenvalue weighted by molar-refractivity contribution is 0.942. The molecule has 0 atom stereocenters. The summed E-state index contributed by atoms with van der Waals surface area (Å²) in [6.07, 6.45) is 6.92. The van der Waals surface area contributed by atoms with Gasteiger partial charge in [0.2, 0.25) is 5.95 Å². The highest BCUT2D eigenvalue weighted by molar-refractivity contribution is 6.35. The van der Waals surface area contributed by atoms with E-state index in [1.165, 1.54) is 12.8 Å². The third-order valence-electron chi connectivity index (χ3n) is 4.21. The third kappa shape index (κ3) is 3.96. The van der Waals surface area contributed by atoms with E-state index in [1.807, 2.05) is 32.2 Å². The van der Waals surface area contributed by atoms with Gasteiger partial charge in [-0.1, -0.05) is 6.07 Å². The van der Waals surface area contributed by atoms with Gasteiger partial charge in [0.1, 0.15) is 19.5 Å². The van der Waals surface area contributed by atoms with E-state index in [-0.39, 0.29) is 0 Å². The van der Waals surface area contributed by atoms with Crippen molar-refractivity contribution >= 4 is 30.9 Å². The monoisotopic (exact) mass is 333 g/mol. The molecule has 0 amide bonds. The summed E-state index contributed by atoms with van der Waals surface area (Å²) in [6.45, 7) is 0.732. The molecule has 3 aromatic rings. The third-order valence-corrected chi connectivity index (χ3v) is 4.21. The fourth-order valence-electron chi connectivity index (χ4n) is 2.62. The standard InChI is InChI=1S/C17H20BN7/c18-13-10-21-17(20-8-6-12-3-1-2-7-19-12)23-16(13)22-15-9-14(24-25-15)11-4-5-11/h1-3,7,9-11H,4-6,8,18H2,(H3,20,21,22,23,24,25). The molecule has 4 rings (SSSR count). The number of nitrogens with one attached hydrogen (secondary N) is 3. The zero-order valence-electron chi connectivity index (χ0n) is 14.2. The molecule has 0 bridgehead atoms. The molecule has 0 saturated heterocycles. The van der Waals surface area contributed by atoms with Gasteiger partial charge in [0.25, 0.3) is 0 Å². The van der Waals surface area contributed by atoms with Crippen LogP contribution in [0.25, 0.3) is 0 Å². The lowest BCUT2D eigenvalue weighted by atomic mass is 9.99. The highest BCUT2D eigenvalue weighted by atomic mass is 15.2. The molecule has 7 nitrogen and oxygen atoms in total. The van der Waals surface area contributed by atoms with Gasteiger partial charge < -0.3 is 10.6 Å². The quantitative estimate of drug-likeness (QED) is 0.562. The number of aromatic amines is 1. The van der Waals surface area contributed by atoms with E-state index < -0.39 is 0 Å². The van der Waals surface area contributed by atoms with Crippen molar-refractivity contribution in [3.8, 4) is 0 Å². The zero-order chi connectivity index (χ0) is 17.1. The van der Waals surface area contributed by atoms with Crippen molar-refractivity contribution < 1.29 is 0 Å². The molecule has 3 heterocycles. The fraction of sp³-hybridized carbons (Fsp3) is 0.294. The summed E-state index contributed by atoms with van der Waals surface area (Å²) in [5, 5.41) is 13.9. The lowest BCUT2D eigenvalue weighted by Gasteiger charge is -2.09. The topological polar surface area (TPSA) is 91.4 Å². The molecule has 1 fully saturated rings. The van der Waals surface area contributed by atoms with Crippen LogP contribution in [0.1, 0.15) is 30.1 Å². The smallest absolute Gasteiger partial charge is 0.224 e. The number of hydrogen-bond donors (Lipinski definition) is 3. The first-order valence-electron chi connectivity index (χ1n) is 8.58. The Morgan fingerprint density at radius 1 is 1.24 bits per heavy atom. The Morgan fingerprint density at radius 3 is 2.96 bits per heavy atom. The first kappa shape index (κ1) is 15.6. The number of H-pyrrole nitrogens is 1. The maximum Gasteiger partial charge on any atom is 0.224 e. The lowest BCUT2D eigenvalue weighted by Crippen LogP contribution is -2.16. The molecule has 0 radical (unpaired) electrons. The van der Waals surface area contributed by atoms with Crippen molar-refractivity contribution in [3.05, 3.63) is 48.0 Å². The van der Waals surface area contributed by atoms with Crippen LogP contribution >= 0.6 is 0 Å². The summed E-state index contributed by atoms with van der Waals surface area (Å²) >= 11 is 0. The van der Waals surface area contributed by atoms with Gasteiger partial charge in [0.15, 0.2) is 0 Å². The van der Waals surface area contributed by atoms with Crippen molar-refractivity contribution in [3.63, 3.8) is 0 Å². The summed E-state index contributed by atoms with van der Waals surface area (Å²) < 4.78 is 0. The number of pyridine rings is 1. The molecule has 1 aliphatic carbocycles. The number of rotatable bonds is 7. The predicted octanol–water partition coefficient (Wildman–Crippen LogP) is 1.13. The normalized spacial score (nSPS) is 13.6. The molecule has 1 aliphatic rings. The SMILES string of the molecule is Bc1cnc(NCCc2ccccn2)nc1Nc1cc(C2CC2)n[nH]1. The minimum atomic E-state index is 0.603. The second-order valence-electron chi connectivity index (χ2n) is 6.33. The Bertz CT molecular complexity index is 845. The Morgan fingerprint density at radius 2 is 2.16 bits per heavy atom. The van der Waals surface area contributed by atoms with E-state index in [1.54, 1.807) is 6.20 Å². The minimum Gasteiger partial charge on any atom is -0.354 e. The van der Waals surface area contributed by atoms with Crippen molar-refractivity contribution in [2.45, 2.75) is 25.2 Å². The van der Waals surface area contributed by atoms with Crippen molar-refractivity contribution in [1.29, 1.82) is 0 Å². The Labute approximate surface area is 147 Å². The van der Waals surface area contributed by atoms with E-state index in [0.29, 0.717) is 11.9 Å². The molecule has 3 N–H and O–H groups in total. The fourth-order valence-corrected chi connectivity index (χ4v) is 2.62. The number of aromatic nitrogens is 5. The molecular formula is C17H20BN7. The molecule has 1 saturated carbocycles. The minimum absolute atomic E-state index is 0.603. The van der Waals surface area contributed by atoms with Crippen LogP contribution in [-0.2, 0) is 6.42 Å². The van der Waals surface area contributed by atoms with Gasteiger partial charge in [-0.05, 0) is 30.4 Å². The summed E-state index contributed by atoms with van der Waals surface area (Å²) in [5.41, 5.74) is 3.16. The van der Waals surface area contributed by atoms with Gasteiger partial charge >= 0.3 is 0 Å². The molecule has 0 spiro atoms. The largest absolute Gasteiger partial charge is 0.354 e. The highest BCUT2D eigenvalue weighted by Gasteiger charge is 2.26.